The van der Waals surface area contributed by atoms with E-state index in [0.29, 0.717) is 19.1 Å². The number of carbonyl (C=O) groups is 2. The van der Waals surface area contributed by atoms with Gasteiger partial charge < -0.3 is 4.52 Å². The molecule has 4 rings (SSSR count). The van der Waals surface area contributed by atoms with E-state index in [9.17, 15) is 9.59 Å². The molecule has 0 fully saturated rings. The molecule has 2 aromatic carbocycles. The highest BCUT2D eigenvalue weighted by Crippen LogP contribution is 2.49. The van der Waals surface area contributed by atoms with Crippen LogP contribution in [-0.2, 0) is 30.4 Å². The number of ketones is 2. The Bertz CT molecular complexity index is 1190. The molecule has 1 aliphatic carbocycles. The third-order valence-electron chi connectivity index (χ3n) is 4.63. The molecule has 37 heavy (non-hydrogen) atoms. The lowest BCUT2D eigenvalue weighted by atomic mass is 10.1. The van der Waals surface area contributed by atoms with Gasteiger partial charge in [-0.3, -0.25) is 18.6 Å². The van der Waals surface area contributed by atoms with Crippen LogP contribution in [0.4, 0.5) is 0 Å². The maximum atomic E-state index is 10.3. The average molecular weight is 541 g/mol. The van der Waals surface area contributed by atoms with Gasteiger partial charge in [-0.15, -0.1) is 0 Å². The topological polar surface area (TPSA) is 87.6 Å². The number of nitrogens with zero attached hydrogens (tertiary/aromatic N) is 2. The first-order valence-electron chi connectivity index (χ1n) is 12.0. The van der Waals surface area contributed by atoms with E-state index in [1.807, 2.05) is 34.6 Å². The summed E-state index contributed by atoms with van der Waals surface area (Å²) in [5, 5.41) is 2.62. The van der Waals surface area contributed by atoms with Gasteiger partial charge in [0.2, 0.25) is 5.88 Å². The van der Waals surface area contributed by atoms with E-state index in [-0.39, 0.29) is 17.5 Å². The van der Waals surface area contributed by atoms with Crippen molar-refractivity contribution in [3.05, 3.63) is 90.4 Å². The molecular formula is C28H33N2O5PS. The lowest BCUT2D eigenvalue weighted by Crippen LogP contribution is -2.06. The van der Waals surface area contributed by atoms with Crippen molar-refractivity contribution in [2.45, 2.75) is 40.5 Å². The first kappa shape index (κ1) is 30.2. The molecule has 196 valence electrons. The highest BCUT2D eigenvalue weighted by Gasteiger charge is 2.22. The zero-order valence-corrected chi connectivity index (χ0v) is 23.5. The summed E-state index contributed by atoms with van der Waals surface area (Å²) in [6.07, 6.45) is 5.01. The minimum absolute atomic E-state index is 0.121. The van der Waals surface area contributed by atoms with Crippen molar-refractivity contribution in [3.8, 4) is 5.88 Å². The Labute approximate surface area is 223 Å². The molecule has 0 aliphatic heterocycles. The molecule has 0 radical (unpaired) electrons. The molecule has 1 heterocycles. The minimum Gasteiger partial charge on any atom is -0.406 e. The summed E-state index contributed by atoms with van der Waals surface area (Å²) in [5.74, 6) is 1.12. The van der Waals surface area contributed by atoms with Crippen LogP contribution in [0, 0.1) is 6.92 Å². The molecule has 7 nitrogen and oxygen atoms in total. The Kier molecular flexibility index (Phi) is 12.5. The predicted molar refractivity (Wildman–Crippen MR) is 151 cm³/mol. The number of carbonyl (C=O) groups excluding carboxylic acids is 2. The van der Waals surface area contributed by atoms with Gasteiger partial charge in [0, 0.05) is 29.5 Å². The number of allylic oxidation sites excluding steroid dienone is 4. The van der Waals surface area contributed by atoms with Crippen molar-refractivity contribution in [1.82, 2.24) is 9.97 Å². The molecule has 1 aliphatic rings. The number of hydrogen-bond acceptors (Lipinski definition) is 8. The summed E-state index contributed by atoms with van der Waals surface area (Å²) in [6, 6.07) is 18.5. The lowest BCUT2D eigenvalue weighted by Gasteiger charge is -2.20. The van der Waals surface area contributed by atoms with Crippen molar-refractivity contribution in [2.24, 2.45) is 0 Å². The van der Waals surface area contributed by atoms with E-state index in [1.165, 1.54) is 35.1 Å². The third-order valence-corrected chi connectivity index (χ3v) is 7.04. The molecule has 0 atom stereocenters. The Morgan fingerprint density at radius 3 is 1.62 bits per heavy atom. The number of aromatic nitrogens is 2. The second-order valence-electron chi connectivity index (χ2n) is 8.05. The van der Waals surface area contributed by atoms with Crippen molar-refractivity contribution < 1.29 is 23.2 Å². The number of hydrogen-bond donors (Lipinski definition) is 0. The maximum absolute atomic E-state index is 10.3. The van der Waals surface area contributed by atoms with Crippen LogP contribution in [0.3, 0.4) is 0 Å². The van der Waals surface area contributed by atoms with E-state index in [0.717, 1.165) is 11.5 Å². The smallest absolute Gasteiger partial charge is 0.381 e. The number of rotatable bonds is 7. The van der Waals surface area contributed by atoms with E-state index in [2.05, 4.69) is 58.5 Å². The third kappa shape index (κ3) is 10.9. The number of fused-ring (bicyclic) bond motifs is 1. The standard InChI is InChI=1S/C12H21N2O3PS.C10H8.C6H4O2/c1-6-15-18(19,16-7-2)17-11-8-10(5)13-12(14-11)9(3)4;1-2-6-10-8-4-3-7-9(10)5-1;7-5-1-2-6(8)4-3-5/h8-9H,6-7H2,1-5H3;1-8H;1-4H. The molecule has 9 heteroatoms. The number of aryl methyl sites for hydroxylation is 1. The van der Waals surface area contributed by atoms with Gasteiger partial charge in [0.05, 0.1) is 13.2 Å². The van der Waals surface area contributed by atoms with Crippen LogP contribution in [0.25, 0.3) is 10.8 Å². The minimum atomic E-state index is -2.77. The molecular weight excluding hydrogens is 507 g/mol. The zero-order valence-electron chi connectivity index (χ0n) is 21.8. The van der Waals surface area contributed by atoms with Gasteiger partial charge in [-0.25, -0.2) is 4.98 Å². The van der Waals surface area contributed by atoms with Crippen LogP contribution in [0.5, 0.6) is 5.88 Å². The first-order chi connectivity index (χ1) is 17.7. The van der Waals surface area contributed by atoms with E-state index < -0.39 is 6.72 Å². The quantitative estimate of drug-likeness (QED) is 0.242. The van der Waals surface area contributed by atoms with Gasteiger partial charge in [-0.05, 0) is 55.8 Å². The van der Waals surface area contributed by atoms with Crippen LogP contribution in [0.15, 0.2) is 78.9 Å². The van der Waals surface area contributed by atoms with E-state index in [1.54, 1.807) is 6.07 Å². The highest BCUT2D eigenvalue weighted by molar-refractivity contribution is 8.07. The van der Waals surface area contributed by atoms with Gasteiger partial charge in [0.15, 0.2) is 11.6 Å². The largest absolute Gasteiger partial charge is 0.406 e. The fourth-order valence-corrected chi connectivity index (χ4v) is 4.96. The summed E-state index contributed by atoms with van der Waals surface area (Å²) in [7, 11) is 0. The van der Waals surface area contributed by atoms with Crippen LogP contribution in [0.1, 0.15) is 45.1 Å². The SMILES string of the molecule is CCOP(=S)(OCC)Oc1cc(C)nc(C(C)C)n1.O=C1C=CC(=O)C=C1.c1ccc2ccccc2c1. The fraction of sp³-hybridized carbons (Fsp3) is 0.286. The van der Waals surface area contributed by atoms with Gasteiger partial charge in [-0.1, -0.05) is 62.4 Å². The summed E-state index contributed by atoms with van der Waals surface area (Å²) < 4.78 is 16.6. The van der Waals surface area contributed by atoms with Crippen LogP contribution in [-0.4, -0.2) is 34.7 Å². The number of benzene rings is 2. The molecule has 0 N–H and O–H groups in total. The van der Waals surface area contributed by atoms with Crippen molar-refractivity contribution in [1.29, 1.82) is 0 Å². The average Bonchev–Trinajstić information content (AvgIpc) is 2.86. The Balaban J connectivity index is 0.000000220. The monoisotopic (exact) mass is 540 g/mol. The van der Waals surface area contributed by atoms with Crippen LogP contribution in [0.2, 0.25) is 0 Å². The van der Waals surface area contributed by atoms with E-state index in [4.69, 9.17) is 25.4 Å². The molecule has 0 spiro atoms. The molecule has 0 amide bonds. The van der Waals surface area contributed by atoms with Crippen molar-refractivity contribution in [2.75, 3.05) is 13.2 Å². The van der Waals surface area contributed by atoms with Gasteiger partial charge >= 0.3 is 6.72 Å². The Morgan fingerprint density at radius 2 is 1.24 bits per heavy atom. The normalized spacial score (nSPS) is 12.6. The van der Waals surface area contributed by atoms with Gasteiger partial charge in [0.1, 0.15) is 5.82 Å². The summed E-state index contributed by atoms with van der Waals surface area (Å²) in [6.45, 7) is 7.78. The fourth-order valence-electron chi connectivity index (χ4n) is 2.96. The summed E-state index contributed by atoms with van der Waals surface area (Å²) in [5.41, 5.74) is 0.836. The van der Waals surface area contributed by atoms with Crippen LogP contribution < -0.4 is 4.52 Å². The Morgan fingerprint density at radius 1 is 0.811 bits per heavy atom. The summed E-state index contributed by atoms with van der Waals surface area (Å²) >= 11 is 5.32. The van der Waals surface area contributed by atoms with Gasteiger partial charge in [0.25, 0.3) is 0 Å². The first-order valence-corrected chi connectivity index (χ1v) is 14.5. The molecule has 3 aromatic rings. The van der Waals surface area contributed by atoms with Gasteiger partial charge in [-0.2, -0.15) is 4.98 Å². The maximum Gasteiger partial charge on any atom is 0.381 e. The molecule has 1 aromatic heterocycles. The van der Waals surface area contributed by atoms with Crippen molar-refractivity contribution >= 4 is 40.9 Å². The second-order valence-corrected chi connectivity index (χ2v) is 11.0. The van der Waals surface area contributed by atoms with Crippen LogP contribution >= 0.6 is 6.72 Å². The predicted octanol–water partition coefficient (Wildman–Crippen LogP) is 6.68. The summed E-state index contributed by atoms with van der Waals surface area (Å²) in [4.78, 5) is 29.3. The lowest BCUT2D eigenvalue weighted by molar-refractivity contribution is -0.113. The molecule has 0 bridgehead atoms. The second kappa shape index (κ2) is 15.3. The Hall–Kier alpha value is -3.03. The molecule has 0 saturated heterocycles. The highest BCUT2D eigenvalue weighted by atomic mass is 32.5. The molecule has 0 saturated carbocycles. The zero-order chi connectivity index (χ0) is 27.3. The van der Waals surface area contributed by atoms with Crippen molar-refractivity contribution in [3.63, 3.8) is 0 Å². The molecule has 0 unspecified atom stereocenters. The van der Waals surface area contributed by atoms with E-state index >= 15 is 0 Å².